The molecule has 30 heavy (non-hydrogen) atoms. The Labute approximate surface area is 175 Å². The minimum Gasteiger partial charge on any atom is -0.362 e. The van der Waals surface area contributed by atoms with Crippen LogP contribution in [0.2, 0.25) is 0 Å². The van der Waals surface area contributed by atoms with E-state index in [0.29, 0.717) is 18.7 Å². The van der Waals surface area contributed by atoms with E-state index in [-0.39, 0.29) is 18.6 Å². The van der Waals surface area contributed by atoms with Gasteiger partial charge in [0.25, 0.3) is 5.91 Å². The smallest absolute Gasteiger partial charge is 0.257 e. The maximum absolute atomic E-state index is 14.3. The predicted octanol–water partition coefficient (Wildman–Crippen LogP) is 5.26. The van der Waals surface area contributed by atoms with Gasteiger partial charge in [0, 0.05) is 19.2 Å². The van der Waals surface area contributed by atoms with Gasteiger partial charge in [0.05, 0.1) is 23.5 Å². The van der Waals surface area contributed by atoms with Gasteiger partial charge in [-0.05, 0) is 30.5 Å². The summed E-state index contributed by atoms with van der Waals surface area (Å²) in [6.07, 6.45) is 1.83. The van der Waals surface area contributed by atoms with Crippen molar-refractivity contribution in [3.05, 3.63) is 59.4 Å². The van der Waals surface area contributed by atoms with E-state index in [2.05, 4.69) is 17.1 Å². The number of amides is 1. The van der Waals surface area contributed by atoms with Gasteiger partial charge in [-0.1, -0.05) is 39.3 Å². The molecule has 162 valence electrons. The number of nitrogens with zero attached hydrogens (tertiary/aromatic N) is 2. The molecule has 0 aromatic heterocycles. The molecule has 1 aliphatic rings. The number of para-hydroxylation sites is 2. The summed E-state index contributed by atoms with van der Waals surface area (Å²) in [6, 6.07) is 8.99. The van der Waals surface area contributed by atoms with Crippen LogP contribution in [0.25, 0.3) is 0 Å². The van der Waals surface area contributed by atoms with Crippen LogP contribution >= 0.6 is 0 Å². The van der Waals surface area contributed by atoms with Gasteiger partial charge in [-0.25, -0.2) is 13.2 Å². The zero-order chi connectivity index (χ0) is 21.8. The van der Waals surface area contributed by atoms with Crippen LogP contribution in [0.3, 0.4) is 0 Å². The zero-order valence-electron chi connectivity index (χ0n) is 17.6. The molecule has 0 saturated heterocycles. The fourth-order valence-corrected chi connectivity index (χ4v) is 3.77. The molecule has 1 aliphatic heterocycles. The van der Waals surface area contributed by atoms with E-state index in [1.165, 1.54) is 4.90 Å². The van der Waals surface area contributed by atoms with Crippen molar-refractivity contribution in [2.24, 2.45) is 5.92 Å². The Morgan fingerprint density at radius 2 is 1.83 bits per heavy atom. The van der Waals surface area contributed by atoms with E-state index in [4.69, 9.17) is 0 Å². The molecule has 1 atom stereocenters. The van der Waals surface area contributed by atoms with Crippen molar-refractivity contribution < 1.29 is 18.0 Å². The Hall–Kier alpha value is -2.70. The summed E-state index contributed by atoms with van der Waals surface area (Å²) >= 11 is 0. The maximum Gasteiger partial charge on any atom is 0.257 e. The summed E-state index contributed by atoms with van der Waals surface area (Å²) < 4.78 is 41.3. The zero-order valence-corrected chi connectivity index (χ0v) is 17.6. The molecular formula is C23H28F3N3O. The van der Waals surface area contributed by atoms with Gasteiger partial charge < -0.3 is 15.1 Å². The molecule has 1 N–H and O–H groups in total. The normalized spacial score (nSPS) is 15.3. The summed E-state index contributed by atoms with van der Waals surface area (Å²) in [7, 11) is 0. The maximum atomic E-state index is 14.3. The van der Waals surface area contributed by atoms with E-state index >= 15 is 0 Å². The Kier molecular flexibility index (Phi) is 6.90. The quantitative estimate of drug-likeness (QED) is 0.593. The van der Waals surface area contributed by atoms with Crippen LogP contribution in [0.15, 0.2) is 36.4 Å². The molecule has 0 fully saturated rings. The van der Waals surface area contributed by atoms with Crippen molar-refractivity contribution in [1.29, 1.82) is 0 Å². The van der Waals surface area contributed by atoms with Gasteiger partial charge >= 0.3 is 0 Å². The van der Waals surface area contributed by atoms with Crippen molar-refractivity contribution in [1.82, 2.24) is 4.90 Å². The van der Waals surface area contributed by atoms with Crippen LogP contribution in [-0.2, 0) is 0 Å². The second-order valence-electron chi connectivity index (χ2n) is 8.07. The third-order valence-corrected chi connectivity index (χ3v) is 5.17. The molecule has 0 saturated carbocycles. The molecule has 0 aliphatic carbocycles. The molecule has 1 heterocycles. The van der Waals surface area contributed by atoms with Crippen LogP contribution in [0, 0.1) is 23.4 Å². The summed E-state index contributed by atoms with van der Waals surface area (Å²) in [5, 5.41) is 3.44. The SMILES string of the molecule is CCCCN1c2ccccc2NC1CN(CC(C)C)C(=O)c1cc(F)c(F)cc1F. The Bertz CT molecular complexity index is 903. The minimum atomic E-state index is -1.31. The van der Waals surface area contributed by atoms with Gasteiger partial charge in [-0.15, -0.1) is 0 Å². The summed E-state index contributed by atoms with van der Waals surface area (Å²) in [5.41, 5.74) is 1.59. The van der Waals surface area contributed by atoms with Gasteiger partial charge in [-0.2, -0.15) is 0 Å². The van der Waals surface area contributed by atoms with Crippen molar-refractivity contribution >= 4 is 17.3 Å². The number of benzene rings is 2. The first-order chi connectivity index (χ1) is 14.3. The number of unbranched alkanes of at least 4 members (excludes halogenated alkanes) is 1. The van der Waals surface area contributed by atoms with Gasteiger partial charge in [0.2, 0.25) is 0 Å². The average Bonchev–Trinajstić information content (AvgIpc) is 3.04. The highest BCUT2D eigenvalue weighted by Crippen LogP contribution is 2.35. The molecule has 2 aromatic rings. The van der Waals surface area contributed by atoms with Crippen LogP contribution in [0.5, 0.6) is 0 Å². The minimum absolute atomic E-state index is 0.121. The fraction of sp³-hybridized carbons (Fsp3) is 0.435. The summed E-state index contributed by atoms with van der Waals surface area (Å²) in [6.45, 7) is 7.49. The number of halogens is 3. The number of hydrogen-bond donors (Lipinski definition) is 1. The van der Waals surface area contributed by atoms with Crippen LogP contribution in [-0.4, -0.2) is 36.6 Å². The lowest BCUT2D eigenvalue weighted by molar-refractivity contribution is 0.0723. The standard InChI is InChI=1S/C23H28F3N3O/c1-4-5-10-29-21-9-7-6-8-20(21)27-22(29)14-28(13-15(2)3)23(30)16-11-18(25)19(26)12-17(16)24/h6-9,11-12,15,22,27H,4-5,10,13-14H2,1-3H3. The molecule has 2 aromatic carbocycles. The number of fused-ring (bicyclic) bond motifs is 1. The van der Waals surface area contributed by atoms with Gasteiger partial charge in [0.1, 0.15) is 12.0 Å². The average molecular weight is 419 g/mol. The van der Waals surface area contributed by atoms with E-state index in [1.807, 2.05) is 38.1 Å². The first-order valence-corrected chi connectivity index (χ1v) is 10.4. The van der Waals surface area contributed by atoms with E-state index < -0.39 is 28.9 Å². The number of hydrogen-bond acceptors (Lipinski definition) is 3. The molecule has 3 rings (SSSR count). The van der Waals surface area contributed by atoms with Gasteiger partial charge in [-0.3, -0.25) is 4.79 Å². The highest BCUT2D eigenvalue weighted by Gasteiger charge is 2.32. The largest absolute Gasteiger partial charge is 0.362 e. The lowest BCUT2D eigenvalue weighted by Gasteiger charge is -2.33. The molecule has 0 spiro atoms. The van der Waals surface area contributed by atoms with Crippen LogP contribution in [0.1, 0.15) is 44.0 Å². The first-order valence-electron chi connectivity index (χ1n) is 10.4. The lowest BCUT2D eigenvalue weighted by Crippen LogP contribution is -2.48. The Balaban J connectivity index is 1.87. The highest BCUT2D eigenvalue weighted by molar-refractivity contribution is 5.94. The second kappa shape index (κ2) is 9.41. The fourth-order valence-electron chi connectivity index (χ4n) is 3.77. The van der Waals surface area contributed by atoms with Crippen molar-refractivity contribution in [3.8, 4) is 0 Å². The Morgan fingerprint density at radius 1 is 1.13 bits per heavy atom. The molecule has 0 bridgehead atoms. The summed E-state index contributed by atoms with van der Waals surface area (Å²) in [4.78, 5) is 16.8. The molecule has 4 nitrogen and oxygen atoms in total. The molecule has 1 unspecified atom stereocenters. The van der Waals surface area contributed by atoms with E-state index in [9.17, 15) is 18.0 Å². The lowest BCUT2D eigenvalue weighted by atomic mass is 10.1. The number of carbonyl (C=O) groups is 1. The van der Waals surface area contributed by atoms with E-state index in [0.717, 1.165) is 30.8 Å². The number of anilines is 2. The first kappa shape index (κ1) is 22.0. The topological polar surface area (TPSA) is 35.6 Å². The monoisotopic (exact) mass is 419 g/mol. The third kappa shape index (κ3) is 4.71. The number of nitrogens with one attached hydrogen (secondary N) is 1. The second-order valence-corrected chi connectivity index (χ2v) is 8.07. The van der Waals surface area contributed by atoms with E-state index in [1.54, 1.807) is 0 Å². The number of carbonyl (C=O) groups excluding carboxylic acids is 1. The van der Waals surface area contributed by atoms with Crippen molar-refractivity contribution in [2.75, 3.05) is 29.9 Å². The Morgan fingerprint density at radius 3 is 2.53 bits per heavy atom. The highest BCUT2D eigenvalue weighted by atomic mass is 19.2. The molecule has 0 radical (unpaired) electrons. The molecule has 1 amide bonds. The predicted molar refractivity (Wildman–Crippen MR) is 113 cm³/mol. The summed E-state index contributed by atoms with van der Waals surface area (Å²) in [5.74, 6) is -4.13. The van der Waals surface area contributed by atoms with Gasteiger partial charge in [0.15, 0.2) is 11.6 Å². The van der Waals surface area contributed by atoms with Crippen molar-refractivity contribution in [3.63, 3.8) is 0 Å². The molecule has 7 heteroatoms. The van der Waals surface area contributed by atoms with Crippen molar-refractivity contribution in [2.45, 2.75) is 39.8 Å². The number of rotatable bonds is 8. The van der Waals surface area contributed by atoms with Crippen LogP contribution in [0.4, 0.5) is 24.5 Å². The molecular weight excluding hydrogens is 391 g/mol. The van der Waals surface area contributed by atoms with Crippen LogP contribution < -0.4 is 10.2 Å². The third-order valence-electron chi connectivity index (χ3n) is 5.17.